The Balaban J connectivity index is 2.15. The molecule has 0 amide bonds. The molecule has 19 heavy (non-hydrogen) atoms. The Bertz CT molecular complexity index is 818. The van der Waals surface area contributed by atoms with E-state index in [0.717, 1.165) is 17.0 Å². The van der Waals surface area contributed by atoms with Crippen molar-refractivity contribution in [3.8, 4) is 0 Å². The zero-order valence-electron chi connectivity index (χ0n) is 10.0. The number of benzene rings is 1. The molecule has 1 N–H and O–H groups in total. The van der Waals surface area contributed by atoms with Gasteiger partial charge in [-0.1, -0.05) is 0 Å². The van der Waals surface area contributed by atoms with Gasteiger partial charge in [0.05, 0.1) is 22.1 Å². The van der Waals surface area contributed by atoms with E-state index in [0.29, 0.717) is 21.3 Å². The van der Waals surface area contributed by atoms with Gasteiger partial charge in [-0.3, -0.25) is 0 Å². The molecular formula is C13H10BrFN2OS. The molecule has 0 aliphatic carbocycles. The fourth-order valence-electron chi connectivity index (χ4n) is 2.03. The van der Waals surface area contributed by atoms with Crippen LogP contribution in [0.4, 0.5) is 4.39 Å². The Kier molecular flexibility index (Phi) is 3.06. The van der Waals surface area contributed by atoms with Crippen LogP contribution >= 0.6 is 28.1 Å². The van der Waals surface area contributed by atoms with Gasteiger partial charge in [0.2, 0.25) is 0 Å². The van der Waals surface area contributed by atoms with E-state index in [1.54, 1.807) is 6.07 Å². The number of halogens is 2. The van der Waals surface area contributed by atoms with Crippen LogP contribution in [-0.2, 0) is 6.54 Å². The van der Waals surface area contributed by atoms with E-state index < -0.39 is 0 Å². The summed E-state index contributed by atoms with van der Waals surface area (Å²) in [6.07, 6.45) is 0. The summed E-state index contributed by atoms with van der Waals surface area (Å²) in [5, 5.41) is 0. The van der Waals surface area contributed by atoms with Crippen molar-refractivity contribution in [1.29, 1.82) is 0 Å². The van der Waals surface area contributed by atoms with E-state index in [2.05, 4.69) is 20.9 Å². The van der Waals surface area contributed by atoms with Crippen molar-refractivity contribution in [2.24, 2.45) is 0 Å². The van der Waals surface area contributed by atoms with E-state index in [1.807, 2.05) is 23.6 Å². The minimum absolute atomic E-state index is 0.315. The number of rotatable bonds is 2. The van der Waals surface area contributed by atoms with Gasteiger partial charge in [-0.25, -0.2) is 4.39 Å². The minimum atomic E-state index is -0.315. The van der Waals surface area contributed by atoms with Gasteiger partial charge in [-0.05, 0) is 53.3 Å². The first-order chi connectivity index (χ1) is 9.04. The van der Waals surface area contributed by atoms with Crippen LogP contribution in [0.5, 0.6) is 0 Å². The third-order valence-electron chi connectivity index (χ3n) is 2.93. The van der Waals surface area contributed by atoms with Crippen molar-refractivity contribution in [2.45, 2.75) is 13.5 Å². The molecule has 2 aromatic heterocycles. The normalized spacial score (nSPS) is 11.3. The van der Waals surface area contributed by atoms with Crippen molar-refractivity contribution >= 4 is 39.2 Å². The Morgan fingerprint density at radius 3 is 2.89 bits per heavy atom. The number of aromatic amines is 1. The second kappa shape index (κ2) is 4.61. The van der Waals surface area contributed by atoms with Crippen molar-refractivity contribution in [3.63, 3.8) is 0 Å². The number of aromatic nitrogens is 2. The zero-order valence-corrected chi connectivity index (χ0v) is 12.4. The summed E-state index contributed by atoms with van der Waals surface area (Å²) in [4.78, 5) is 3.00. The first-order valence-corrected chi connectivity index (χ1v) is 6.87. The average molecular weight is 341 g/mol. The van der Waals surface area contributed by atoms with Crippen LogP contribution in [0.15, 0.2) is 33.2 Å². The Labute approximate surface area is 122 Å². The second-order valence-corrected chi connectivity index (χ2v) is 5.55. The number of H-pyrrole nitrogens is 1. The lowest BCUT2D eigenvalue weighted by molar-refractivity contribution is 0.471. The van der Waals surface area contributed by atoms with Gasteiger partial charge in [-0.2, -0.15) is 0 Å². The first-order valence-electron chi connectivity index (χ1n) is 5.67. The van der Waals surface area contributed by atoms with Gasteiger partial charge in [0.1, 0.15) is 17.3 Å². The lowest BCUT2D eigenvalue weighted by Gasteiger charge is -2.02. The molecule has 0 saturated heterocycles. The molecule has 2 heterocycles. The van der Waals surface area contributed by atoms with Gasteiger partial charge < -0.3 is 14.0 Å². The molecule has 3 nitrogen and oxygen atoms in total. The number of nitrogens with zero attached hydrogens (tertiary/aromatic N) is 1. The van der Waals surface area contributed by atoms with Gasteiger partial charge in [0.15, 0.2) is 4.77 Å². The molecule has 3 aromatic rings. The molecule has 0 saturated carbocycles. The monoisotopic (exact) mass is 340 g/mol. The molecule has 1 aromatic carbocycles. The van der Waals surface area contributed by atoms with E-state index in [1.165, 1.54) is 6.07 Å². The summed E-state index contributed by atoms with van der Waals surface area (Å²) in [7, 11) is 0. The molecule has 0 bridgehead atoms. The van der Waals surface area contributed by atoms with E-state index in [4.69, 9.17) is 16.6 Å². The number of furan rings is 1. The maximum Gasteiger partial charge on any atom is 0.178 e. The van der Waals surface area contributed by atoms with Crippen LogP contribution in [0.1, 0.15) is 11.5 Å². The molecule has 98 valence electrons. The molecule has 3 rings (SSSR count). The van der Waals surface area contributed by atoms with Crippen LogP contribution in [0, 0.1) is 17.5 Å². The third-order valence-corrected chi connectivity index (χ3v) is 3.86. The summed E-state index contributed by atoms with van der Waals surface area (Å²) < 4.78 is 21.9. The highest BCUT2D eigenvalue weighted by Gasteiger charge is 2.10. The van der Waals surface area contributed by atoms with Gasteiger partial charge in [-0.15, -0.1) is 0 Å². The Morgan fingerprint density at radius 1 is 1.42 bits per heavy atom. The van der Waals surface area contributed by atoms with E-state index in [9.17, 15) is 4.39 Å². The quantitative estimate of drug-likeness (QED) is 0.694. The van der Waals surface area contributed by atoms with Crippen LogP contribution in [0.2, 0.25) is 0 Å². The predicted octanol–water partition coefficient (Wildman–Crippen LogP) is 4.55. The second-order valence-electron chi connectivity index (χ2n) is 4.31. The topological polar surface area (TPSA) is 33.9 Å². The molecule has 0 aliphatic rings. The third kappa shape index (κ3) is 2.26. The Hall–Kier alpha value is -1.40. The molecule has 0 unspecified atom stereocenters. The van der Waals surface area contributed by atoms with Crippen LogP contribution in [0.3, 0.4) is 0 Å². The SMILES string of the molecule is Cc1ccc(Cn2c(=S)[nH]c3cc(F)c(Br)cc32)o1. The van der Waals surface area contributed by atoms with Crippen molar-refractivity contribution in [1.82, 2.24) is 9.55 Å². The maximum atomic E-state index is 13.5. The minimum Gasteiger partial charge on any atom is -0.464 e. The molecular weight excluding hydrogens is 331 g/mol. The number of nitrogens with one attached hydrogen (secondary N) is 1. The van der Waals surface area contributed by atoms with Crippen molar-refractivity contribution in [3.05, 3.63) is 50.8 Å². The highest BCUT2D eigenvalue weighted by atomic mass is 79.9. The predicted molar refractivity (Wildman–Crippen MR) is 77.3 cm³/mol. The van der Waals surface area contributed by atoms with E-state index >= 15 is 0 Å². The van der Waals surface area contributed by atoms with Gasteiger partial charge >= 0.3 is 0 Å². The fraction of sp³-hybridized carbons (Fsp3) is 0.154. The summed E-state index contributed by atoms with van der Waals surface area (Å²) in [5.74, 6) is 1.35. The summed E-state index contributed by atoms with van der Waals surface area (Å²) in [6.45, 7) is 2.41. The van der Waals surface area contributed by atoms with Crippen molar-refractivity contribution < 1.29 is 8.81 Å². The highest BCUT2D eigenvalue weighted by molar-refractivity contribution is 9.10. The largest absolute Gasteiger partial charge is 0.464 e. The molecule has 0 fully saturated rings. The number of imidazole rings is 1. The molecule has 0 radical (unpaired) electrons. The summed E-state index contributed by atoms with van der Waals surface area (Å²) >= 11 is 8.46. The lowest BCUT2D eigenvalue weighted by Crippen LogP contribution is -1.98. The lowest BCUT2D eigenvalue weighted by atomic mass is 10.3. The van der Waals surface area contributed by atoms with Crippen LogP contribution in [-0.4, -0.2) is 9.55 Å². The molecule has 0 atom stereocenters. The number of hydrogen-bond acceptors (Lipinski definition) is 2. The fourth-order valence-corrected chi connectivity index (χ4v) is 2.64. The number of aryl methyl sites for hydroxylation is 1. The maximum absolute atomic E-state index is 13.5. The average Bonchev–Trinajstić information content (AvgIpc) is 2.87. The zero-order chi connectivity index (χ0) is 13.6. The summed E-state index contributed by atoms with van der Waals surface area (Å²) in [6, 6.07) is 6.96. The van der Waals surface area contributed by atoms with Crippen molar-refractivity contribution in [2.75, 3.05) is 0 Å². The molecule has 6 heteroatoms. The first kappa shape index (κ1) is 12.6. The highest BCUT2D eigenvalue weighted by Crippen LogP contribution is 2.24. The number of hydrogen-bond donors (Lipinski definition) is 1. The Morgan fingerprint density at radius 2 is 2.21 bits per heavy atom. The van der Waals surface area contributed by atoms with Crippen LogP contribution in [0.25, 0.3) is 11.0 Å². The van der Waals surface area contributed by atoms with Crippen LogP contribution < -0.4 is 0 Å². The number of fused-ring (bicyclic) bond motifs is 1. The molecule has 0 spiro atoms. The molecule has 0 aliphatic heterocycles. The van der Waals surface area contributed by atoms with E-state index in [-0.39, 0.29) is 5.82 Å². The summed E-state index contributed by atoms with van der Waals surface area (Å²) in [5.41, 5.74) is 1.52. The standard InChI is InChI=1S/C13H10BrFN2OS/c1-7-2-3-8(18-7)6-17-12-4-9(14)10(15)5-11(12)16-13(17)19/h2-5H,6H2,1H3,(H,16,19). The van der Waals surface area contributed by atoms with Gasteiger partial charge in [0, 0.05) is 6.07 Å². The smallest absolute Gasteiger partial charge is 0.178 e. The van der Waals surface area contributed by atoms with Gasteiger partial charge in [0.25, 0.3) is 0 Å².